The molecule has 0 rings (SSSR count). The molecular formula is C11H20O6S2. The van der Waals surface area contributed by atoms with E-state index in [1.54, 1.807) is 0 Å². The SMILES string of the molecule is O=C(CS)OCCOCCOCCOC(=O)CCS. The number of carbonyl (C=O) groups is 2. The van der Waals surface area contributed by atoms with Crippen molar-refractivity contribution in [2.45, 2.75) is 6.42 Å². The lowest BCUT2D eigenvalue weighted by molar-refractivity contribution is -0.145. The van der Waals surface area contributed by atoms with Crippen molar-refractivity contribution in [1.29, 1.82) is 0 Å². The average Bonchev–Trinajstić information content (AvgIpc) is 2.40. The van der Waals surface area contributed by atoms with Crippen LogP contribution in [-0.4, -0.2) is 63.1 Å². The van der Waals surface area contributed by atoms with Gasteiger partial charge in [-0.1, -0.05) is 0 Å². The molecule has 19 heavy (non-hydrogen) atoms. The Labute approximate surface area is 123 Å². The first kappa shape index (κ1) is 18.6. The number of hydrogen-bond donors (Lipinski definition) is 2. The Balaban J connectivity index is 3.11. The highest BCUT2D eigenvalue weighted by Gasteiger charge is 2.00. The van der Waals surface area contributed by atoms with Crippen molar-refractivity contribution in [2.24, 2.45) is 0 Å². The maximum atomic E-state index is 10.9. The summed E-state index contributed by atoms with van der Waals surface area (Å²) in [5, 5.41) is 0. The van der Waals surface area contributed by atoms with Gasteiger partial charge >= 0.3 is 11.9 Å². The van der Waals surface area contributed by atoms with Crippen molar-refractivity contribution in [3.8, 4) is 0 Å². The van der Waals surface area contributed by atoms with Gasteiger partial charge in [-0.15, -0.1) is 0 Å². The molecule has 0 aromatic heterocycles. The van der Waals surface area contributed by atoms with Gasteiger partial charge in [0.25, 0.3) is 0 Å². The zero-order chi connectivity index (χ0) is 14.3. The molecule has 112 valence electrons. The minimum absolute atomic E-state index is 0.0645. The number of rotatable bonds is 12. The van der Waals surface area contributed by atoms with Gasteiger partial charge in [0, 0.05) is 5.75 Å². The fourth-order valence-corrected chi connectivity index (χ4v) is 1.23. The first-order valence-corrected chi connectivity index (χ1v) is 7.15. The van der Waals surface area contributed by atoms with Crippen LogP contribution < -0.4 is 0 Å². The predicted octanol–water partition coefficient (Wildman–Crippen LogP) is 0.356. The van der Waals surface area contributed by atoms with Crippen molar-refractivity contribution in [3.63, 3.8) is 0 Å². The standard InChI is InChI=1S/C11H20O6S2/c12-10(1-8-18)16-6-4-14-2-3-15-5-7-17-11(13)9-19/h18-19H,1-9H2. The van der Waals surface area contributed by atoms with Gasteiger partial charge in [-0.3, -0.25) is 9.59 Å². The summed E-state index contributed by atoms with van der Waals surface area (Å²) in [5.74, 6) is -0.104. The molecule has 0 unspecified atom stereocenters. The maximum Gasteiger partial charge on any atom is 0.315 e. The Morgan fingerprint density at radius 3 is 1.68 bits per heavy atom. The van der Waals surface area contributed by atoms with Crippen LogP contribution in [-0.2, 0) is 28.5 Å². The van der Waals surface area contributed by atoms with E-state index in [4.69, 9.17) is 18.9 Å². The fraction of sp³-hybridized carbons (Fsp3) is 0.818. The molecule has 0 aliphatic rings. The Morgan fingerprint density at radius 1 is 0.737 bits per heavy atom. The Morgan fingerprint density at radius 2 is 1.21 bits per heavy atom. The average molecular weight is 312 g/mol. The monoisotopic (exact) mass is 312 g/mol. The highest BCUT2D eigenvalue weighted by atomic mass is 32.1. The molecule has 0 radical (unpaired) electrons. The summed E-state index contributed by atoms with van der Waals surface area (Å²) in [6.07, 6.45) is 0.303. The van der Waals surface area contributed by atoms with Crippen LogP contribution in [0.1, 0.15) is 6.42 Å². The van der Waals surface area contributed by atoms with E-state index < -0.39 is 0 Å². The van der Waals surface area contributed by atoms with Gasteiger partial charge in [0.05, 0.1) is 38.6 Å². The molecule has 0 aliphatic heterocycles. The van der Waals surface area contributed by atoms with Crippen molar-refractivity contribution in [2.75, 3.05) is 51.1 Å². The van der Waals surface area contributed by atoms with E-state index in [2.05, 4.69) is 25.3 Å². The summed E-state index contributed by atoms with van der Waals surface area (Å²) >= 11 is 7.67. The number of esters is 2. The lowest BCUT2D eigenvalue weighted by atomic mass is 10.5. The molecule has 0 saturated carbocycles. The molecule has 0 N–H and O–H groups in total. The van der Waals surface area contributed by atoms with Gasteiger partial charge in [-0.05, 0) is 0 Å². The molecule has 0 heterocycles. The molecule has 0 saturated heterocycles. The molecule has 0 aromatic rings. The van der Waals surface area contributed by atoms with E-state index in [1.807, 2.05) is 0 Å². The van der Waals surface area contributed by atoms with E-state index >= 15 is 0 Å². The van der Waals surface area contributed by atoms with Crippen LogP contribution in [0.5, 0.6) is 0 Å². The van der Waals surface area contributed by atoms with E-state index in [0.717, 1.165) is 0 Å². The van der Waals surface area contributed by atoms with Gasteiger partial charge in [-0.25, -0.2) is 0 Å². The third kappa shape index (κ3) is 13.8. The smallest absolute Gasteiger partial charge is 0.315 e. The summed E-state index contributed by atoms with van der Waals surface area (Å²) in [6.45, 7) is 1.87. The summed E-state index contributed by atoms with van der Waals surface area (Å²) in [5.41, 5.74) is 0. The highest BCUT2D eigenvalue weighted by molar-refractivity contribution is 7.81. The van der Waals surface area contributed by atoms with Gasteiger partial charge in [0.1, 0.15) is 13.2 Å². The molecule has 0 fully saturated rings. The normalized spacial score (nSPS) is 10.2. The molecule has 0 spiro atoms. The van der Waals surface area contributed by atoms with Crippen LogP contribution in [0.4, 0.5) is 0 Å². The summed E-state index contributed by atoms with van der Waals surface area (Å²) in [7, 11) is 0. The summed E-state index contributed by atoms with van der Waals surface area (Å²) in [4.78, 5) is 21.6. The molecule has 6 nitrogen and oxygen atoms in total. The van der Waals surface area contributed by atoms with Gasteiger partial charge < -0.3 is 18.9 Å². The first-order chi connectivity index (χ1) is 9.20. The summed E-state index contributed by atoms with van der Waals surface area (Å²) < 4.78 is 19.9. The van der Waals surface area contributed by atoms with Crippen molar-refractivity contribution in [3.05, 3.63) is 0 Å². The molecule has 0 bridgehead atoms. The van der Waals surface area contributed by atoms with Crippen LogP contribution in [0.15, 0.2) is 0 Å². The van der Waals surface area contributed by atoms with Crippen LogP contribution >= 0.6 is 25.3 Å². The maximum absolute atomic E-state index is 10.9. The predicted molar refractivity (Wildman–Crippen MR) is 75.9 cm³/mol. The number of thiol groups is 2. The van der Waals surface area contributed by atoms with Crippen LogP contribution in [0.25, 0.3) is 0 Å². The second kappa shape index (κ2) is 14.0. The zero-order valence-corrected chi connectivity index (χ0v) is 12.5. The second-order valence-corrected chi connectivity index (χ2v) is 4.06. The summed E-state index contributed by atoms with van der Waals surface area (Å²) in [6, 6.07) is 0. The quantitative estimate of drug-likeness (QED) is 0.308. The van der Waals surface area contributed by atoms with Gasteiger partial charge in [-0.2, -0.15) is 25.3 Å². The zero-order valence-electron chi connectivity index (χ0n) is 10.7. The van der Waals surface area contributed by atoms with Crippen molar-refractivity contribution in [1.82, 2.24) is 0 Å². The molecular weight excluding hydrogens is 292 g/mol. The largest absolute Gasteiger partial charge is 0.463 e. The third-order valence-electron chi connectivity index (χ3n) is 1.80. The van der Waals surface area contributed by atoms with E-state index in [-0.39, 0.29) is 30.9 Å². The first-order valence-electron chi connectivity index (χ1n) is 5.89. The van der Waals surface area contributed by atoms with E-state index in [1.165, 1.54) is 0 Å². The lowest BCUT2D eigenvalue weighted by Crippen LogP contribution is -2.15. The van der Waals surface area contributed by atoms with Crippen LogP contribution in [0.2, 0.25) is 0 Å². The number of carbonyl (C=O) groups excluding carboxylic acids is 2. The lowest BCUT2D eigenvalue weighted by Gasteiger charge is -2.07. The van der Waals surface area contributed by atoms with Crippen molar-refractivity contribution >= 4 is 37.2 Å². The molecule has 0 aromatic carbocycles. The van der Waals surface area contributed by atoms with Gasteiger partial charge in [0.15, 0.2) is 0 Å². The highest BCUT2D eigenvalue weighted by Crippen LogP contribution is 1.89. The second-order valence-electron chi connectivity index (χ2n) is 3.30. The Hall–Kier alpha value is -0.440. The van der Waals surface area contributed by atoms with E-state index in [0.29, 0.717) is 38.6 Å². The van der Waals surface area contributed by atoms with Gasteiger partial charge in [0.2, 0.25) is 0 Å². The minimum atomic E-state index is -0.369. The molecule has 0 amide bonds. The van der Waals surface area contributed by atoms with E-state index in [9.17, 15) is 9.59 Å². The van der Waals surface area contributed by atoms with Crippen LogP contribution in [0.3, 0.4) is 0 Å². The Kier molecular flexibility index (Phi) is 13.7. The third-order valence-corrected chi connectivity index (χ3v) is 2.28. The Bertz CT molecular complexity index is 249. The molecule has 0 atom stereocenters. The molecule has 0 aliphatic carbocycles. The van der Waals surface area contributed by atoms with Crippen LogP contribution in [0, 0.1) is 0 Å². The minimum Gasteiger partial charge on any atom is -0.463 e. The number of ether oxygens (including phenoxy) is 4. The number of hydrogen-bond acceptors (Lipinski definition) is 8. The molecule has 8 heteroatoms. The van der Waals surface area contributed by atoms with Crippen molar-refractivity contribution < 1.29 is 28.5 Å². The topological polar surface area (TPSA) is 71.1 Å². The fourth-order valence-electron chi connectivity index (χ4n) is 0.960.